The van der Waals surface area contributed by atoms with Gasteiger partial charge in [-0.1, -0.05) is 37.6 Å². The standard InChI is InChI=1S/C17H15ClN2O4/c1-9(2)15-12(17(23)24)8-19-13(20-15)7-6-10-4-3-5-11(14(10)18)16(21)22/h3-9H,1-2H3,(H,21,22)(H,23,24). The summed E-state index contributed by atoms with van der Waals surface area (Å²) in [5.74, 6) is -1.95. The van der Waals surface area contributed by atoms with Crippen molar-refractivity contribution < 1.29 is 19.8 Å². The smallest absolute Gasteiger partial charge is 0.339 e. The third kappa shape index (κ3) is 3.78. The number of benzene rings is 1. The van der Waals surface area contributed by atoms with E-state index in [1.165, 1.54) is 12.3 Å². The molecule has 0 atom stereocenters. The summed E-state index contributed by atoms with van der Waals surface area (Å²) in [6.45, 7) is 3.69. The van der Waals surface area contributed by atoms with Crippen molar-refractivity contribution in [2.45, 2.75) is 19.8 Å². The fourth-order valence-corrected chi connectivity index (χ4v) is 2.37. The fraction of sp³-hybridized carbons (Fsp3) is 0.176. The second kappa shape index (κ2) is 7.23. The molecule has 2 aromatic rings. The molecule has 2 rings (SSSR count). The molecule has 0 saturated carbocycles. The van der Waals surface area contributed by atoms with E-state index in [2.05, 4.69) is 9.97 Å². The maximum Gasteiger partial charge on any atom is 0.339 e. The Morgan fingerprint density at radius 1 is 1.12 bits per heavy atom. The minimum absolute atomic E-state index is 0.00355. The minimum Gasteiger partial charge on any atom is -0.478 e. The number of carboxylic acid groups (broad SMARTS) is 2. The van der Waals surface area contributed by atoms with Gasteiger partial charge in [0.1, 0.15) is 0 Å². The number of rotatable bonds is 5. The van der Waals surface area contributed by atoms with Gasteiger partial charge in [0.05, 0.1) is 21.8 Å². The first-order valence-electron chi connectivity index (χ1n) is 7.11. The lowest BCUT2D eigenvalue weighted by Crippen LogP contribution is -2.08. The van der Waals surface area contributed by atoms with E-state index >= 15 is 0 Å². The van der Waals surface area contributed by atoms with Gasteiger partial charge in [-0.05, 0) is 29.7 Å². The molecule has 2 N–H and O–H groups in total. The van der Waals surface area contributed by atoms with Crippen LogP contribution in [0.3, 0.4) is 0 Å². The molecule has 0 fully saturated rings. The van der Waals surface area contributed by atoms with E-state index in [9.17, 15) is 9.59 Å². The molecule has 24 heavy (non-hydrogen) atoms. The van der Waals surface area contributed by atoms with Gasteiger partial charge in [-0.15, -0.1) is 0 Å². The molecular formula is C17H15ClN2O4. The van der Waals surface area contributed by atoms with Gasteiger partial charge >= 0.3 is 11.9 Å². The summed E-state index contributed by atoms with van der Waals surface area (Å²) in [6.07, 6.45) is 4.42. The van der Waals surface area contributed by atoms with Crippen LogP contribution < -0.4 is 0 Å². The van der Waals surface area contributed by atoms with E-state index in [1.54, 1.807) is 24.3 Å². The van der Waals surface area contributed by atoms with Gasteiger partial charge in [0.25, 0.3) is 0 Å². The zero-order valence-corrected chi connectivity index (χ0v) is 13.8. The first kappa shape index (κ1) is 17.6. The summed E-state index contributed by atoms with van der Waals surface area (Å²) >= 11 is 6.07. The molecule has 1 heterocycles. The van der Waals surface area contributed by atoms with Gasteiger partial charge in [0, 0.05) is 6.20 Å². The molecular weight excluding hydrogens is 332 g/mol. The highest BCUT2D eigenvalue weighted by Crippen LogP contribution is 2.23. The van der Waals surface area contributed by atoms with Gasteiger partial charge in [0.15, 0.2) is 5.82 Å². The number of carbonyl (C=O) groups is 2. The summed E-state index contributed by atoms with van der Waals surface area (Å²) in [7, 11) is 0. The molecule has 0 radical (unpaired) electrons. The van der Waals surface area contributed by atoms with Crippen LogP contribution in [0.25, 0.3) is 12.2 Å². The monoisotopic (exact) mass is 346 g/mol. The Labute approximate surface area is 143 Å². The maximum absolute atomic E-state index is 11.2. The Bertz CT molecular complexity index is 831. The van der Waals surface area contributed by atoms with E-state index in [1.807, 2.05) is 13.8 Å². The quantitative estimate of drug-likeness (QED) is 0.853. The number of halogens is 1. The first-order valence-corrected chi connectivity index (χ1v) is 7.49. The minimum atomic E-state index is -1.11. The lowest BCUT2D eigenvalue weighted by Gasteiger charge is -2.08. The highest BCUT2D eigenvalue weighted by Gasteiger charge is 2.15. The fourth-order valence-electron chi connectivity index (χ4n) is 2.10. The van der Waals surface area contributed by atoms with Crippen LogP contribution in [0.1, 0.15) is 57.6 Å². The predicted octanol–water partition coefficient (Wildman–Crippen LogP) is 3.82. The van der Waals surface area contributed by atoms with Crippen LogP contribution in [-0.4, -0.2) is 32.1 Å². The highest BCUT2D eigenvalue weighted by molar-refractivity contribution is 6.35. The molecule has 6 nitrogen and oxygen atoms in total. The molecule has 0 saturated heterocycles. The van der Waals surface area contributed by atoms with Crippen LogP contribution in [0.5, 0.6) is 0 Å². The van der Waals surface area contributed by atoms with Crippen molar-refractivity contribution >= 4 is 35.7 Å². The molecule has 0 amide bonds. The molecule has 0 aliphatic carbocycles. The van der Waals surface area contributed by atoms with Crippen molar-refractivity contribution in [1.29, 1.82) is 0 Å². The van der Waals surface area contributed by atoms with Crippen molar-refractivity contribution in [3.05, 3.63) is 57.6 Å². The summed E-state index contributed by atoms with van der Waals surface area (Å²) in [6, 6.07) is 4.67. The zero-order chi connectivity index (χ0) is 17.9. The summed E-state index contributed by atoms with van der Waals surface area (Å²) in [4.78, 5) is 30.5. The lowest BCUT2D eigenvalue weighted by molar-refractivity contribution is 0.0684. The largest absolute Gasteiger partial charge is 0.478 e. The second-order valence-corrected chi connectivity index (χ2v) is 5.71. The number of hydrogen-bond donors (Lipinski definition) is 2. The average molecular weight is 347 g/mol. The van der Waals surface area contributed by atoms with Crippen LogP contribution >= 0.6 is 11.6 Å². The Morgan fingerprint density at radius 2 is 1.79 bits per heavy atom. The van der Waals surface area contributed by atoms with Crippen molar-refractivity contribution in [1.82, 2.24) is 9.97 Å². The molecule has 0 unspecified atom stereocenters. The molecule has 1 aromatic heterocycles. The van der Waals surface area contributed by atoms with E-state index in [0.717, 1.165) is 0 Å². The maximum atomic E-state index is 11.2. The molecule has 0 spiro atoms. The first-order chi connectivity index (χ1) is 11.3. The van der Waals surface area contributed by atoms with E-state index in [4.69, 9.17) is 21.8 Å². The van der Waals surface area contributed by atoms with Crippen LogP contribution in [-0.2, 0) is 0 Å². The Balaban J connectivity index is 2.40. The van der Waals surface area contributed by atoms with Crippen molar-refractivity contribution in [3.63, 3.8) is 0 Å². The van der Waals surface area contributed by atoms with E-state index in [-0.39, 0.29) is 22.1 Å². The zero-order valence-electron chi connectivity index (χ0n) is 13.0. The molecule has 0 bridgehead atoms. The third-order valence-corrected chi connectivity index (χ3v) is 3.71. The molecule has 124 valence electrons. The van der Waals surface area contributed by atoms with Crippen molar-refractivity contribution in [2.24, 2.45) is 0 Å². The summed E-state index contributed by atoms with van der Waals surface area (Å²) in [5, 5.41) is 18.3. The van der Waals surface area contributed by atoms with Crippen molar-refractivity contribution in [2.75, 3.05) is 0 Å². The van der Waals surface area contributed by atoms with Gasteiger partial charge < -0.3 is 10.2 Å². The van der Waals surface area contributed by atoms with Crippen LogP contribution in [0.2, 0.25) is 5.02 Å². The number of aromatic carboxylic acids is 2. The van der Waals surface area contributed by atoms with Crippen molar-refractivity contribution in [3.8, 4) is 0 Å². The van der Waals surface area contributed by atoms with Crippen LogP contribution in [0.15, 0.2) is 24.4 Å². The van der Waals surface area contributed by atoms with Gasteiger partial charge in [0.2, 0.25) is 0 Å². The Morgan fingerprint density at radius 3 is 2.38 bits per heavy atom. The second-order valence-electron chi connectivity index (χ2n) is 5.33. The van der Waals surface area contributed by atoms with Gasteiger partial charge in [-0.3, -0.25) is 0 Å². The molecule has 1 aromatic carbocycles. The SMILES string of the molecule is CC(C)c1nc(C=Cc2cccc(C(=O)O)c2Cl)ncc1C(=O)O. The lowest BCUT2D eigenvalue weighted by atomic mass is 10.1. The van der Waals surface area contributed by atoms with Crippen LogP contribution in [0, 0.1) is 0 Å². The van der Waals surface area contributed by atoms with E-state index in [0.29, 0.717) is 17.1 Å². The van der Waals surface area contributed by atoms with Gasteiger partial charge in [-0.2, -0.15) is 0 Å². The molecule has 0 aliphatic rings. The van der Waals surface area contributed by atoms with E-state index < -0.39 is 11.9 Å². The molecule has 0 aliphatic heterocycles. The topological polar surface area (TPSA) is 100 Å². The normalized spacial score (nSPS) is 11.2. The average Bonchev–Trinajstić information content (AvgIpc) is 2.53. The number of hydrogen-bond acceptors (Lipinski definition) is 4. The van der Waals surface area contributed by atoms with Gasteiger partial charge in [-0.25, -0.2) is 19.6 Å². The molecule has 7 heteroatoms. The van der Waals surface area contributed by atoms with Crippen LogP contribution in [0.4, 0.5) is 0 Å². The summed E-state index contributed by atoms with van der Waals surface area (Å²) < 4.78 is 0. The third-order valence-electron chi connectivity index (χ3n) is 3.29. The Hall–Kier alpha value is -2.73. The highest BCUT2D eigenvalue weighted by atomic mass is 35.5. The summed E-state index contributed by atoms with van der Waals surface area (Å²) in [5.41, 5.74) is 1.01. The Kier molecular flexibility index (Phi) is 5.31. The number of nitrogens with zero attached hydrogens (tertiary/aromatic N) is 2. The number of aromatic nitrogens is 2. The number of carboxylic acids is 2. The predicted molar refractivity (Wildman–Crippen MR) is 90.4 cm³/mol.